The van der Waals surface area contributed by atoms with Gasteiger partial charge in [-0.05, 0) is 13.3 Å². The topological polar surface area (TPSA) is 38.3 Å². The molecule has 0 aromatic carbocycles. The minimum absolute atomic E-state index is 0.383. The van der Waals surface area contributed by atoms with Gasteiger partial charge in [0.15, 0.2) is 0 Å². The van der Waals surface area contributed by atoms with Crippen molar-refractivity contribution < 1.29 is 9.63 Å². The average molecular weight is 171 g/mol. The van der Waals surface area contributed by atoms with Gasteiger partial charge in [-0.2, -0.15) is 5.48 Å². The van der Waals surface area contributed by atoms with Gasteiger partial charge in [-0.3, -0.25) is 0 Å². The Morgan fingerprint density at radius 3 is 2.67 bits per heavy atom. The smallest absolute Gasteiger partial charge is 0.351 e. The summed E-state index contributed by atoms with van der Waals surface area (Å²) < 4.78 is 0. The number of carbonyl (C=O) groups is 1. The van der Waals surface area contributed by atoms with E-state index in [0.29, 0.717) is 12.1 Å². The van der Waals surface area contributed by atoms with Crippen LogP contribution in [0.15, 0.2) is 12.2 Å². The van der Waals surface area contributed by atoms with E-state index in [1.54, 1.807) is 6.92 Å². The van der Waals surface area contributed by atoms with Crippen LogP contribution in [0.25, 0.3) is 0 Å². The Bertz CT molecular complexity index is 155. The van der Waals surface area contributed by atoms with Gasteiger partial charge in [0, 0.05) is 12.1 Å². The maximum absolute atomic E-state index is 10.8. The van der Waals surface area contributed by atoms with Crippen molar-refractivity contribution >= 4 is 5.97 Å². The van der Waals surface area contributed by atoms with Gasteiger partial charge in [0.2, 0.25) is 0 Å². The highest BCUT2D eigenvalue weighted by Gasteiger charge is 2.01. The second-order valence-electron chi connectivity index (χ2n) is 2.77. The van der Waals surface area contributed by atoms with Crippen LogP contribution < -0.4 is 5.48 Å². The molecule has 0 aromatic rings. The number of rotatable bonds is 6. The van der Waals surface area contributed by atoms with Gasteiger partial charge >= 0.3 is 5.97 Å². The molecule has 3 heteroatoms. The zero-order chi connectivity index (χ0) is 9.40. The van der Waals surface area contributed by atoms with E-state index in [1.807, 2.05) is 0 Å². The van der Waals surface area contributed by atoms with Crippen molar-refractivity contribution in [3.8, 4) is 0 Å². The number of unbranched alkanes of at least 4 members (excludes halogenated alkanes) is 2. The molecule has 0 aliphatic heterocycles. The second-order valence-corrected chi connectivity index (χ2v) is 2.77. The molecule has 3 nitrogen and oxygen atoms in total. The van der Waals surface area contributed by atoms with Crippen LogP contribution in [0, 0.1) is 0 Å². The van der Waals surface area contributed by atoms with Crippen molar-refractivity contribution in [3.63, 3.8) is 0 Å². The first-order valence-corrected chi connectivity index (χ1v) is 4.28. The van der Waals surface area contributed by atoms with Crippen molar-refractivity contribution in [1.29, 1.82) is 0 Å². The molecule has 0 heterocycles. The molecule has 70 valence electrons. The van der Waals surface area contributed by atoms with E-state index >= 15 is 0 Å². The van der Waals surface area contributed by atoms with E-state index in [0.717, 1.165) is 19.3 Å². The summed E-state index contributed by atoms with van der Waals surface area (Å²) in [4.78, 5) is 15.5. The second kappa shape index (κ2) is 6.85. The molecule has 0 bridgehead atoms. The van der Waals surface area contributed by atoms with Crippen molar-refractivity contribution in [2.24, 2.45) is 0 Å². The Morgan fingerprint density at radius 2 is 2.17 bits per heavy atom. The highest BCUT2D eigenvalue weighted by atomic mass is 16.7. The molecule has 0 unspecified atom stereocenters. The van der Waals surface area contributed by atoms with Crippen molar-refractivity contribution in [3.05, 3.63) is 12.2 Å². The van der Waals surface area contributed by atoms with E-state index in [2.05, 4.69) is 23.8 Å². The lowest BCUT2D eigenvalue weighted by Crippen LogP contribution is -2.21. The third-order valence-electron chi connectivity index (χ3n) is 1.40. The summed E-state index contributed by atoms with van der Waals surface area (Å²) in [6.07, 6.45) is 3.34. The lowest BCUT2D eigenvalue weighted by atomic mass is 10.3. The van der Waals surface area contributed by atoms with Crippen LogP contribution in [0.5, 0.6) is 0 Å². The molecule has 0 atom stereocenters. The predicted octanol–water partition coefficient (Wildman–Crippen LogP) is 1.80. The molecule has 0 saturated carbocycles. The van der Waals surface area contributed by atoms with E-state index in [9.17, 15) is 4.79 Å². The van der Waals surface area contributed by atoms with Gasteiger partial charge in [0.05, 0.1) is 0 Å². The van der Waals surface area contributed by atoms with Crippen LogP contribution >= 0.6 is 0 Å². The maximum atomic E-state index is 10.8. The molecule has 0 aliphatic carbocycles. The summed E-state index contributed by atoms with van der Waals surface area (Å²) in [5.74, 6) is -0.383. The first kappa shape index (κ1) is 11.2. The van der Waals surface area contributed by atoms with E-state index in [-0.39, 0.29) is 5.97 Å². The zero-order valence-corrected chi connectivity index (χ0v) is 7.85. The van der Waals surface area contributed by atoms with Crippen molar-refractivity contribution in [1.82, 2.24) is 5.48 Å². The van der Waals surface area contributed by atoms with Crippen LogP contribution in [0.2, 0.25) is 0 Å². The number of hydrogen-bond acceptors (Lipinski definition) is 3. The first-order chi connectivity index (χ1) is 5.68. The minimum Gasteiger partial charge on any atom is -0.367 e. The highest BCUT2D eigenvalue weighted by Crippen LogP contribution is 1.92. The molecular formula is C9H17NO2. The van der Waals surface area contributed by atoms with E-state index in [1.165, 1.54) is 0 Å². The minimum atomic E-state index is -0.383. The van der Waals surface area contributed by atoms with Gasteiger partial charge in [0.1, 0.15) is 0 Å². The quantitative estimate of drug-likeness (QED) is 0.376. The van der Waals surface area contributed by atoms with Crippen LogP contribution in [-0.2, 0) is 9.63 Å². The molecule has 0 saturated heterocycles. The lowest BCUT2D eigenvalue weighted by Gasteiger charge is -2.03. The fraction of sp³-hybridized carbons (Fsp3) is 0.667. The summed E-state index contributed by atoms with van der Waals surface area (Å²) in [5, 5.41) is 0. The van der Waals surface area contributed by atoms with Gasteiger partial charge < -0.3 is 4.84 Å². The number of nitrogens with one attached hydrogen (secondary N) is 1. The Morgan fingerprint density at radius 1 is 1.50 bits per heavy atom. The number of hydrogen-bond donors (Lipinski definition) is 1. The third kappa shape index (κ3) is 5.92. The van der Waals surface area contributed by atoms with E-state index in [4.69, 9.17) is 0 Å². The van der Waals surface area contributed by atoms with Crippen LogP contribution in [0.4, 0.5) is 0 Å². The summed E-state index contributed by atoms with van der Waals surface area (Å²) in [6, 6.07) is 0. The largest absolute Gasteiger partial charge is 0.367 e. The fourth-order valence-corrected chi connectivity index (χ4v) is 0.651. The first-order valence-electron chi connectivity index (χ1n) is 4.28. The van der Waals surface area contributed by atoms with Crippen LogP contribution in [0.3, 0.4) is 0 Å². The Balaban J connectivity index is 3.20. The molecule has 0 fully saturated rings. The molecule has 0 radical (unpaired) electrons. The Labute approximate surface area is 73.7 Å². The van der Waals surface area contributed by atoms with Crippen LogP contribution in [-0.4, -0.2) is 12.5 Å². The molecule has 0 spiro atoms. The molecule has 12 heavy (non-hydrogen) atoms. The number of hydroxylamine groups is 1. The fourth-order valence-electron chi connectivity index (χ4n) is 0.651. The molecule has 0 aliphatic rings. The van der Waals surface area contributed by atoms with Gasteiger partial charge in [0.25, 0.3) is 0 Å². The van der Waals surface area contributed by atoms with Crippen molar-refractivity contribution in [2.45, 2.75) is 33.1 Å². The molecule has 0 aromatic heterocycles. The van der Waals surface area contributed by atoms with Crippen LogP contribution in [0.1, 0.15) is 33.1 Å². The monoisotopic (exact) mass is 171 g/mol. The zero-order valence-electron chi connectivity index (χ0n) is 7.85. The third-order valence-corrected chi connectivity index (χ3v) is 1.40. The predicted molar refractivity (Wildman–Crippen MR) is 48.4 cm³/mol. The van der Waals surface area contributed by atoms with Crippen molar-refractivity contribution in [2.75, 3.05) is 6.54 Å². The molecular weight excluding hydrogens is 154 g/mol. The highest BCUT2D eigenvalue weighted by molar-refractivity contribution is 5.86. The normalized spacial score (nSPS) is 9.50. The summed E-state index contributed by atoms with van der Waals surface area (Å²) in [5.41, 5.74) is 3.01. The summed E-state index contributed by atoms with van der Waals surface area (Å²) in [6.45, 7) is 7.92. The molecule has 0 rings (SSSR count). The Kier molecular flexibility index (Phi) is 6.38. The SMILES string of the molecule is C=C(C)C(=O)ONCCCCC. The van der Waals surface area contributed by atoms with Gasteiger partial charge in [-0.15, -0.1) is 0 Å². The van der Waals surface area contributed by atoms with E-state index < -0.39 is 0 Å². The summed E-state index contributed by atoms with van der Waals surface area (Å²) in [7, 11) is 0. The lowest BCUT2D eigenvalue weighted by molar-refractivity contribution is -0.146. The maximum Gasteiger partial charge on any atom is 0.351 e. The number of carbonyl (C=O) groups excluding carboxylic acids is 1. The summed E-state index contributed by atoms with van der Waals surface area (Å²) >= 11 is 0. The van der Waals surface area contributed by atoms with Gasteiger partial charge in [-0.25, -0.2) is 4.79 Å². The molecule has 1 N–H and O–H groups in total. The molecule has 0 amide bonds. The Hall–Kier alpha value is -0.830. The standard InChI is InChI=1S/C9H17NO2/c1-4-5-6-7-10-12-9(11)8(2)3/h10H,2,4-7H2,1,3H3. The average Bonchev–Trinajstić information content (AvgIpc) is 2.03. The van der Waals surface area contributed by atoms with Gasteiger partial charge in [-0.1, -0.05) is 26.3 Å².